The zero-order valence-electron chi connectivity index (χ0n) is 19.7. The van der Waals surface area contributed by atoms with E-state index in [0.717, 1.165) is 19.7 Å². The maximum atomic E-state index is 13.6. The number of amides is 2. The molecule has 33 heavy (non-hydrogen) atoms. The summed E-state index contributed by atoms with van der Waals surface area (Å²) in [6.45, 7) is 7.27. The standard InChI is InChI=1S/C24H32IN3O4S/c1-6-21(23(30)26-24(2,3)4)27(16-18-10-8-7-9-11-18)22(29)17-28(33(5,31)32)20-14-12-19(25)13-15-20/h7-15,21H,6,16-17H2,1-5H3,(H,26,30)/t21-/m1/s1. The van der Waals surface area contributed by atoms with Crippen molar-refractivity contribution in [2.24, 2.45) is 0 Å². The second-order valence-electron chi connectivity index (χ2n) is 8.92. The average molecular weight is 586 g/mol. The largest absolute Gasteiger partial charge is 0.350 e. The van der Waals surface area contributed by atoms with Crippen LogP contribution in [-0.2, 0) is 26.2 Å². The van der Waals surface area contributed by atoms with Gasteiger partial charge in [-0.25, -0.2) is 8.42 Å². The second kappa shape index (κ2) is 11.3. The van der Waals surface area contributed by atoms with Crippen LogP contribution in [0.2, 0.25) is 0 Å². The Kier molecular flexibility index (Phi) is 9.30. The molecule has 0 fully saturated rings. The summed E-state index contributed by atoms with van der Waals surface area (Å²) in [6, 6.07) is 15.5. The first-order chi connectivity index (χ1) is 15.3. The van der Waals surface area contributed by atoms with Gasteiger partial charge in [0.05, 0.1) is 11.9 Å². The van der Waals surface area contributed by atoms with Gasteiger partial charge in [-0.15, -0.1) is 0 Å². The van der Waals surface area contributed by atoms with Crippen LogP contribution in [0.4, 0.5) is 5.69 Å². The molecule has 0 unspecified atom stereocenters. The third-order valence-corrected chi connectivity index (χ3v) is 6.73. The molecule has 180 valence electrons. The Hall–Kier alpha value is -2.14. The van der Waals surface area contributed by atoms with Crippen molar-refractivity contribution >= 4 is 50.1 Å². The molecule has 0 aliphatic heterocycles. The lowest BCUT2D eigenvalue weighted by molar-refractivity contribution is -0.141. The van der Waals surface area contributed by atoms with E-state index in [4.69, 9.17) is 0 Å². The fourth-order valence-electron chi connectivity index (χ4n) is 3.37. The molecule has 7 nitrogen and oxygen atoms in total. The number of sulfonamides is 1. The number of nitrogens with zero attached hydrogens (tertiary/aromatic N) is 2. The summed E-state index contributed by atoms with van der Waals surface area (Å²) in [4.78, 5) is 28.1. The highest BCUT2D eigenvalue weighted by atomic mass is 127. The molecule has 0 saturated heterocycles. The van der Waals surface area contributed by atoms with Gasteiger partial charge in [0.1, 0.15) is 12.6 Å². The van der Waals surface area contributed by atoms with Gasteiger partial charge in [-0.1, -0.05) is 37.3 Å². The molecule has 0 radical (unpaired) electrons. The highest BCUT2D eigenvalue weighted by Crippen LogP contribution is 2.21. The number of nitrogens with one attached hydrogen (secondary N) is 1. The summed E-state index contributed by atoms with van der Waals surface area (Å²) in [5.74, 6) is -0.715. The lowest BCUT2D eigenvalue weighted by atomic mass is 10.1. The molecule has 2 amide bonds. The highest BCUT2D eigenvalue weighted by Gasteiger charge is 2.33. The van der Waals surface area contributed by atoms with E-state index in [1.165, 1.54) is 4.90 Å². The van der Waals surface area contributed by atoms with Gasteiger partial charge in [0.15, 0.2) is 0 Å². The third kappa shape index (κ3) is 8.29. The highest BCUT2D eigenvalue weighted by molar-refractivity contribution is 14.1. The van der Waals surface area contributed by atoms with E-state index in [-0.39, 0.29) is 12.5 Å². The zero-order chi connectivity index (χ0) is 24.8. The lowest BCUT2D eigenvalue weighted by Crippen LogP contribution is -2.55. The molecule has 2 rings (SSSR count). The molecule has 0 spiro atoms. The van der Waals surface area contributed by atoms with Crippen molar-refractivity contribution in [1.29, 1.82) is 0 Å². The van der Waals surface area contributed by atoms with Gasteiger partial charge in [0.2, 0.25) is 21.8 Å². The predicted molar refractivity (Wildman–Crippen MR) is 140 cm³/mol. The molecule has 0 saturated carbocycles. The predicted octanol–water partition coefficient (Wildman–Crippen LogP) is 3.78. The number of halogens is 1. The summed E-state index contributed by atoms with van der Waals surface area (Å²) in [7, 11) is -3.73. The third-order valence-electron chi connectivity index (χ3n) is 4.87. The molecule has 0 aromatic heterocycles. The summed E-state index contributed by atoms with van der Waals surface area (Å²) in [5.41, 5.74) is 0.789. The van der Waals surface area contributed by atoms with Crippen LogP contribution in [-0.4, -0.2) is 49.5 Å². The van der Waals surface area contributed by atoms with Gasteiger partial charge in [-0.05, 0) is 79.6 Å². The molecule has 0 heterocycles. The van der Waals surface area contributed by atoms with Crippen molar-refractivity contribution in [3.63, 3.8) is 0 Å². The summed E-state index contributed by atoms with van der Waals surface area (Å²) in [5, 5.41) is 2.95. The first kappa shape index (κ1) is 27.1. The van der Waals surface area contributed by atoms with Crippen molar-refractivity contribution in [3.8, 4) is 0 Å². The monoisotopic (exact) mass is 585 g/mol. The molecule has 2 aromatic rings. The number of hydrogen-bond donors (Lipinski definition) is 1. The van der Waals surface area contributed by atoms with Crippen molar-refractivity contribution in [1.82, 2.24) is 10.2 Å². The van der Waals surface area contributed by atoms with Crippen LogP contribution in [0.5, 0.6) is 0 Å². The molecule has 0 aliphatic rings. The second-order valence-corrected chi connectivity index (χ2v) is 12.1. The Balaban J connectivity index is 2.42. The summed E-state index contributed by atoms with van der Waals surface area (Å²) >= 11 is 2.13. The van der Waals surface area contributed by atoms with Gasteiger partial charge >= 0.3 is 0 Å². The van der Waals surface area contributed by atoms with E-state index in [1.807, 2.05) is 58.0 Å². The topological polar surface area (TPSA) is 86.8 Å². The number of carbonyl (C=O) groups excluding carboxylic acids is 2. The quantitative estimate of drug-likeness (QED) is 0.454. The molecule has 0 aliphatic carbocycles. The molecule has 2 aromatic carbocycles. The number of carbonyl (C=O) groups is 2. The fraction of sp³-hybridized carbons (Fsp3) is 0.417. The first-order valence-electron chi connectivity index (χ1n) is 10.7. The van der Waals surface area contributed by atoms with Crippen LogP contribution in [0, 0.1) is 3.57 Å². The Bertz CT molecular complexity index is 1050. The number of benzene rings is 2. The van der Waals surface area contributed by atoms with Crippen LogP contribution in [0.15, 0.2) is 54.6 Å². The molecule has 9 heteroatoms. The van der Waals surface area contributed by atoms with Crippen LogP contribution < -0.4 is 9.62 Å². The average Bonchev–Trinajstić information content (AvgIpc) is 2.71. The van der Waals surface area contributed by atoms with Crippen LogP contribution in [0.25, 0.3) is 0 Å². The van der Waals surface area contributed by atoms with E-state index in [1.54, 1.807) is 24.3 Å². The Morgan fingerprint density at radius 1 is 1.03 bits per heavy atom. The number of hydrogen-bond acceptors (Lipinski definition) is 4. The van der Waals surface area contributed by atoms with Crippen molar-refractivity contribution < 1.29 is 18.0 Å². The molecular formula is C24H32IN3O4S. The van der Waals surface area contributed by atoms with Gasteiger partial charge in [-0.3, -0.25) is 13.9 Å². The minimum Gasteiger partial charge on any atom is -0.350 e. The van der Waals surface area contributed by atoms with Crippen molar-refractivity contribution in [2.75, 3.05) is 17.1 Å². The van der Waals surface area contributed by atoms with Crippen molar-refractivity contribution in [2.45, 2.75) is 52.2 Å². The van der Waals surface area contributed by atoms with Crippen LogP contribution >= 0.6 is 22.6 Å². The molecule has 1 atom stereocenters. The van der Waals surface area contributed by atoms with E-state index in [2.05, 4.69) is 27.9 Å². The van der Waals surface area contributed by atoms with Gasteiger partial charge in [0, 0.05) is 15.7 Å². The molecule has 1 N–H and O–H groups in total. The maximum absolute atomic E-state index is 13.6. The summed E-state index contributed by atoms with van der Waals surface area (Å²) in [6.07, 6.45) is 1.46. The van der Waals surface area contributed by atoms with Crippen molar-refractivity contribution in [3.05, 3.63) is 63.7 Å². The Labute approximate surface area is 210 Å². The molecular weight excluding hydrogens is 553 g/mol. The molecule has 0 bridgehead atoms. The maximum Gasteiger partial charge on any atom is 0.244 e. The van der Waals surface area contributed by atoms with Gasteiger partial charge in [-0.2, -0.15) is 0 Å². The van der Waals surface area contributed by atoms with E-state index in [0.29, 0.717) is 12.1 Å². The first-order valence-corrected chi connectivity index (χ1v) is 13.6. The SMILES string of the molecule is CC[C@H](C(=O)NC(C)(C)C)N(Cc1ccccc1)C(=O)CN(c1ccc(I)cc1)S(C)(=O)=O. The van der Waals surface area contributed by atoms with Gasteiger partial charge < -0.3 is 10.2 Å². The zero-order valence-corrected chi connectivity index (χ0v) is 22.7. The number of anilines is 1. The smallest absolute Gasteiger partial charge is 0.244 e. The Morgan fingerprint density at radius 3 is 2.09 bits per heavy atom. The van der Waals surface area contributed by atoms with Gasteiger partial charge in [0.25, 0.3) is 0 Å². The minimum absolute atomic E-state index is 0.194. The van der Waals surface area contributed by atoms with E-state index >= 15 is 0 Å². The summed E-state index contributed by atoms with van der Waals surface area (Å²) < 4.78 is 27.2. The number of rotatable bonds is 9. The van der Waals surface area contributed by atoms with E-state index < -0.39 is 34.1 Å². The lowest BCUT2D eigenvalue weighted by Gasteiger charge is -2.34. The normalized spacial score (nSPS) is 12.7. The van der Waals surface area contributed by atoms with E-state index in [9.17, 15) is 18.0 Å². The fourth-order valence-corrected chi connectivity index (χ4v) is 4.58. The van der Waals surface area contributed by atoms with Crippen LogP contribution in [0.1, 0.15) is 39.7 Å². The minimum atomic E-state index is -3.73. The Morgan fingerprint density at radius 2 is 1.61 bits per heavy atom. The van der Waals surface area contributed by atoms with Crippen LogP contribution in [0.3, 0.4) is 0 Å².